The highest BCUT2D eigenvalue weighted by molar-refractivity contribution is 7.90. The van der Waals surface area contributed by atoms with Crippen molar-refractivity contribution in [3.8, 4) is 11.5 Å². The van der Waals surface area contributed by atoms with Crippen LogP contribution in [-0.4, -0.2) is 117 Å². The zero-order chi connectivity index (χ0) is 24.4. The minimum atomic E-state index is -4.41. The van der Waals surface area contributed by atoms with Gasteiger partial charge in [-0.15, -0.1) is 0 Å². The van der Waals surface area contributed by atoms with Crippen LogP contribution in [0.25, 0.3) is 0 Å². The largest absolute Gasteiger partial charge is 0.504 e. The number of nitrogens with zero attached hydrogens (tertiary/aromatic N) is 2. The number of methoxy groups -OCH3 is 4. The number of benzene rings is 1. The Morgan fingerprint density at radius 1 is 0.688 bits per heavy atom. The van der Waals surface area contributed by atoms with Gasteiger partial charge < -0.3 is 29.2 Å². The summed E-state index contributed by atoms with van der Waals surface area (Å²) >= 11 is 0. The SMILES string of the molecule is COCCN(CCOC)S(=O)(=O)c1cc(O)c(O)c(S(=O)(=O)N(CCOC)CCOC)c1. The molecule has 0 unspecified atom stereocenters. The maximum atomic E-state index is 13.2. The minimum Gasteiger partial charge on any atom is -0.504 e. The quantitative estimate of drug-likeness (QED) is 0.288. The molecule has 0 fully saturated rings. The topological polar surface area (TPSA) is 152 Å². The fourth-order valence-electron chi connectivity index (χ4n) is 2.68. The molecule has 1 rings (SSSR count). The van der Waals surface area contributed by atoms with Gasteiger partial charge in [-0.25, -0.2) is 16.8 Å². The average Bonchev–Trinajstić information content (AvgIpc) is 2.75. The number of hydrogen-bond donors (Lipinski definition) is 2. The van der Waals surface area contributed by atoms with Crippen LogP contribution in [0.4, 0.5) is 0 Å². The summed E-state index contributed by atoms with van der Waals surface area (Å²) < 4.78 is 74.5. The second-order valence-electron chi connectivity index (χ2n) is 6.57. The van der Waals surface area contributed by atoms with Crippen molar-refractivity contribution in [3.63, 3.8) is 0 Å². The third kappa shape index (κ3) is 7.25. The second-order valence-corrected chi connectivity index (χ2v) is 10.4. The summed E-state index contributed by atoms with van der Waals surface area (Å²) in [7, 11) is -3.06. The van der Waals surface area contributed by atoms with Crippen LogP contribution in [0.3, 0.4) is 0 Å². The lowest BCUT2D eigenvalue weighted by Crippen LogP contribution is -2.37. The predicted molar refractivity (Wildman–Crippen MR) is 115 cm³/mol. The molecule has 32 heavy (non-hydrogen) atoms. The van der Waals surface area contributed by atoms with Crippen molar-refractivity contribution in [3.05, 3.63) is 12.1 Å². The van der Waals surface area contributed by atoms with E-state index >= 15 is 0 Å². The van der Waals surface area contributed by atoms with E-state index in [1.165, 1.54) is 28.4 Å². The van der Waals surface area contributed by atoms with Crippen LogP contribution in [0.2, 0.25) is 0 Å². The first-order chi connectivity index (χ1) is 15.1. The molecule has 0 aliphatic heterocycles. The summed E-state index contributed by atoms with van der Waals surface area (Å²) in [5.74, 6) is -1.84. The smallest absolute Gasteiger partial charge is 0.247 e. The van der Waals surface area contributed by atoms with E-state index in [4.69, 9.17) is 18.9 Å². The maximum Gasteiger partial charge on any atom is 0.247 e. The van der Waals surface area contributed by atoms with Crippen molar-refractivity contribution in [2.45, 2.75) is 9.79 Å². The fourth-order valence-corrected chi connectivity index (χ4v) is 5.74. The molecule has 0 aliphatic carbocycles. The molecule has 1 aromatic carbocycles. The molecule has 14 heteroatoms. The van der Waals surface area contributed by atoms with Crippen molar-refractivity contribution in [1.82, 2.24) is 8.61 Å². The molecule has 0 saturated heterocycles. The molecule has 0 atom stereocenters. The van der Waals surface area contributed by atoms with Crippen LogP contribution >= 0.6 is 0 Å². The Labute approximate surface area is 189 Å². The van der Waals surface area contributed by atoms with Crippen molar-refractivity contribution in [2.75, 3.05) is 81.0 Å². The molecule has 2 N–H and O–H groups in total. The summed E-state index contributed by atoms with van der Waals surface area (Å²) in [6.07, 6.45) is 0. The molecular weight excluding hydrogens is 468 g/mol. The molecule has 0 heterocycles. The number of ether oxygens (including phenoxy) is 4. The first-order valence-electron chi connectivity index (χ1n) is 9.59. The van der Waals surface area contributed by atoms with Crippen molar-refractivity contribution >= 4 is 20.0 Å². The summed E-state index contributed by atoms with van der Waals surface area (Å²) in [4.78, 5) is -1.25. The molecular formula is C18H32N2O10S2. The second kappa shape index (κ2) is 13.3. The van der Waals surface area contributed by atoms with E-state index in [0.29, 0.717) is 0 Å². The number of aromatic hydroxyl groups is 2. The zero-order valence-corrected chi connectivity index (χ0v) is 20.3. The molecule has 1 aromatic rings. The molecule has 0 aliphatic rings. The molecule has 186 valence electrons. The first-order valence-corrected chi connectivity index (χ1v) is 12.5. The lowest BCUT2D eigenvalue weighted by Gasteiger charge is -2.24. The van der Waals surface area contributed by atoms with Gasteiger partial charge in [-0.2, -0.15) is 8.61 Å². The van der Waals surface area contributed by atoms with Crippen molar-refractivity contribution in [1.29, 1.82) is 0 Å². The Kier molecular flexibility index (Phi) is 11.8. The van der Waals surface area contributed by atoms with Crippen LogP contribution in [0.15, 0.2) is 21.9 Å². The van der Waals surface area contributed by atoms with Gasteiger partial charge in [0.05, 0.1) is 31.3 Å². The fraction of sp³-hybridized carbons (Fsp3) is 0.667. The Hall–Kier alpha value is -1.52. The summed E-state index contributed by atoms with van der Waals surface area (Å²) in [5.41, 5.74) is 0. The molecule has 0 amide bonds. The Morgan fingerprint density at radius 3 is 1.44 bits per heavy atom. The maximum absolute atomic E-state index is 13.2. The van der Waals surface area contributed by atoms with Crippen LogP contribution in [0, 0.1) is 0 Å². The van der Waals surface area contributed by atoms with E-state index in [0.717, 1.165) is 20.7 Å². The van der Waals surface area contributed by atoms with Gasteiger partial charge in [0.25, 0.3) is 0 Å². The van der Waals surface area contributed by atoms with E-state index in [1.807, 2.05) is 0 Å². The Balaban J connectivity index is 3.52. The van der Waals surface area contributed by atoms with E-state index in [1.54, 1.807) is 0 Å². The van der Waals surface area contributed by atoms with Crippen molar-refractivity contribution < 1.29 is 46.0 Å². The van der Waals surface area contributed by atoms with Crippen LogP contribution in [0.5, 0.6) is 11.5 Å². The highest BCUT2D eigenvalue weighted by Gasteiger charge is 2.33. The van der Waals surface area contributed by atoms with Crippen LogP contribution in [-0.2, 0) is 39.0 Å². The number of rotatable bonds is 16. The molecule has 0 spiro atoms. The number of phenolic OH excluding ortho intramolecular Hbond substituents is 2. The van der Waals surface area contributed by atoms with Gasteiger partial charge >= 0.3 is 0 Å². The Bertz CT molecular complexity index is 906. The van der Waals surface area contributed by atoms with Gasteiger partial charge in [0.1, 0.15) is 4.90 Å². The lowest BCUT2D eigenvalue weighted by atomic mass is 10.3. The number of phenols is 2. The number of sulfonamides is 2. The Morgan fingerprint density at radius 2 is 1.06 bits per heavy atom. The molecule has 0 aromatic heterocycles. The van der Waals surface area contributed by atoms with E-state index in [-0.39, 0.29) is 52.6 Å². The van der Waals surface area contributed by atoms with E-state index in [2.05, 4.69) is 0 Å². The van der Waals surface area contributed by atoms with Crippen LogP contribution < -0.4 is 0 Å². The van der Waals surface area contributed by atoms with Gasteiger partial charge in [-0.05, 0) is 6.07 Å². The van der Waals surface area contributed by atoms with Gasteiger partial charge in [-0.3, -0.25) is 0 Å². The number of hydrogen-bond acceptors (Lipinski definition) is 10. The first kappa shape index (κ1) is 28.5. The van der Waals surface area contributed by atoms with Gasteiger partial charge in [-0.1, -0.05) is 0 Å². The van der Waals surface area contributed by atoms with E-state index in [9.17, 15) is 27.0 Å². The van der Waals surface area contributed by atoms with Gasteiger partial charge in [0.2, 0.25) is 20.0 Å². The third-order valence-corrected chi connectivity index (χ3v) is 8.25. The average molecular weight is 501 g/mol. The summed E-state index contributed by atoms with van der Waals surface area (Å²) in [6, 6.07) is 1.61. The molecule has 12 nitrogen and oxygen atoms in total. The van der Waals surface area contributed by atoms with Crippen molar-refractivity contribution in [2.24, 2.45) is 0 Å². The van der Waals surface area contributed by atoms with Gasteiger partial charge in [0, 0.05) is 60.7 Å². The highest BCUT2D eigenvalue weighted by atomic mass is 32.2. The van der Waals surface area contributed by atoms with Gasteiger partial charge in [0.15, 0.2) is 11.5 Å². The standard InChI is InChI=1S/C18H32N2O10S2/c1-27-9-5-19(6-10-28-2)31(23,24)15-13-16(21)18(22)17(14-15)32(25,26)20(7-11-29-3)8-12-30-4/h13-14,21-22H,5-12H2,1-4H3. The monoisotopic (exact) mass is 500 g/mol. The predicted octanol–water partition coefficient (Wildman–Crippen LogP) is -0.335. The molecule has 0 radical (unpaired) electrons. The molecule has 0 saturated carbocycles. The summed E-state index contributed by atoms with van der Waals surface area (Å²) in [5, 5.41) is 20.4. The third-order valence-electron chi connectivity index (χ3n) is 4.46. The normalized spacial score (nSPS) is 12.7. The molecule has 0 bridgehead atoms. The minimum absolute atomic E-state index is 0.0281. The van der Waals surface area contributed by atoms with E-state index < -0.39 is 41.3 Å². The lowest BCUT2D eigenvalue weighted by molar-refractivity contribution is 0.150. The zero-order valence-electron chi connectivity index (χ0n) is 18.7. The summed E-state index contributed by atoms with van der Waals surface area (Å²) in [6.45, 7) is 0.0602. The highest BCUT2D eigenvalue weighted by Crippen LogP contribution is 2.37. The van der Waals surface area contributed by atoms with Crippen LogP contribution in [0.1, 0.15) is 0 Å².